The quantitative estimate of drug-likeness (QED) is 0.655. The third-order valence-electron chi connectivity index (χ3n) is 5.14. The van der Waals surface area contributed by atoms with Gasteiger partial charge in [0.05, 0.1) is 0 Å². The SMILES string of the molecule is C[C@H]1C2c3ccccc3C(c3ccccc32)[C@@H]1CBr. The number of hydrogen-bond donors (Lipinski definition) is 0. The summed E-state index contributed by atoms with van der Waals surface area (Å²) < 4.78 is 0. The van der Waals surface area contributed by atoms with Crippen molar-refractivity contribution in [2.24, 2.45) is 11.8 Å². The largest absolute Gasteiger partial charge is 0.0925 e. The molecule has 0 amide bonds. The zero-order valence-corrected chi connectivity index (χ0v) is 12.6. The van der Waals surface area contributed by atoms with Gasteiger partial charge in [-0.05, 0) is 34.1 Å². The van der Waals surface area contributed by atoms with E-state index in [9.17, 15) is 0 Å². The molecule has 0 N–H and O–H groups in total. The fraction of sp³-hybridized carbons (Fsp3) is 0.333. The van der Waals surface area contributed by atoms with E-state index in [1.165, 1.54) is 0 Å². The molecular formula is C18H17Br. The molecule has 1 heteroatoms. The van der Waals surface area contributed by atoms with Gasteiger partial charge in [-0.3, -0.25) is 0 Å². The Morgan fingerprint density at radius 1 is 0.789 bits per heavy atom. The van der Waals surface area contributed by atoms with Crippen molar-refractivity contribution in [1.29, 1.82) is 0 Å². The van der Waals surface area contributed by atoms with Gasteiger partial charge in [-0.25, -0.2) is 0 Å². The lowest BCUT2D eigenvalue weighted by Crippen LogP contribution is -2.39. The van der Waals surface area contributed by atoms with Crippen LogP contribution < -0.4 is 0 Å². The summed E-state index contributed by atoms with van der Waals surface area (Å²) in [7, 11) is 0. The third kappa shape index (κ3) is 1.45. The van der Waals surface area contributed by atoms with Gasteiger partial charge in [0.15, 0.2) is 0 Å². The van der Waals surface area contributed by atoms with Crippen LogP contribution in [0.2, 0.25) is 0 Å². The van der Waals surface area contributed by atoms with Crippen molar-refractivity contribution in [3.8, 4) is 0 Å². The van der Waals surface area contributed by atoms with Crippen LogP contribution in [0.15, 0.2) is 48.5 Å². The van der Waals surface area contributed by atoms with E-state index in [0.717, 1.165) is 11.2 Å². The lowest BCUT2D eigenvalue weighted by Gasteiger charge is -2.49. The average Bonchev–Trinajstić information content (AvgIpc) is 2.47. The minimum atomic E-state index is 0.576. The number of fused-ring (bicyclic) bond motifs is 1. The van der Waals surface area contributed by atoms with Crippen molar-refractivity contribution >= 4 is 15.9 Å². The second-order valence-electron chi connectivity index (χ2n) is 5.89. The minimum Gasteiger partial charge on any atom is -0.0925 e. The standard InChI is InChI=1S/C18H17Br/c1-11-16(10-19)18-14-8-4-2-6-12(14)17(11)13-7-3-5-9-15(13)18/h2-9,11,16-18H,10H2,1H3/t11-,16-,17?,18?/m1/s1. The van der Waals surface area contributed by atoms with Gasteiger partial charge in [0, 0.05) is 17.2 Å². The molecule has 2 aromatic carbocycles. The van der Waals surface area contributed by atoms with Gasteiger partial charge in [0.1, 0.15) is 0 Å². The van der Waals surface area contributed by atoms with E-state index >= 15 is 0 Å². The molecule has 3 aliphatic rings. The molecule has 0 fully saturated rings. The van der Waals surface area contributed by atoms with Crippen LogP contribution in [0.4, 0.5) is 0 Å². The molecule has 96 valence electrons. The average molecular weight is 313 g/mol. The topological polar surface area (TPSA) is 0 Å². The van der Waals surface area contributed by atoms with Crippen molar-refractivity contribution in [3.05, 3.63) is 70.8 Å². The second-order valence-corrected chi connectivity index (χ2v) is 6.54. The van der Waals surface area contributed by atoms with Crippen molar-refractivity contribution < 1.29 is 0 Å². The molecule has 2 aromatic rings. The summed E-state index contributed by atoms with van der Waals surface area (Å²) in [5, 5.41) is 1.10. The Labute approximate surface area is 123 Å². The van der Waals surface area contributed by atoms with Gasteiger partial charge in [-0.1, -0.05) is 71.4 Å². The predicted octanol–water partition coefficient (Wildman–Crippen LogP) is 4.92. The molecule has 0 aromatic heterocycles. The minimum absolute atomic E-state index is 0.576. The Kier molecular flexibility index (Phi) is 2.60. The summed E-state index contributed by atoms with van der Waals surface area (Å²) >= 11 is 3.76. The Morgan fingerprint density at radius 2 is 1.21 bits per heavy atom. The number of alkyl halides is 1. The molecular weight excluding hydrogens is 296 g/mol. The maximum atomic E-state index is 3.76. The highest BCUT2D eigenvalue weighted by molar-refractivity contribution is 9.09. The third-order valence-corrected chi connectivity index (χ3v) is 5.89. The van der Waals surface area contributed by atoms with Gasteiger partial charge in [-0.2, -0.15) is 0 Å². The van der Waals surface area contributed by atoms with Crippen molar-refractivity contribution in [3.63, 3.8) is 0 Å². The Morgan fingerprint density at radius 3 is 1.63 bits per heavy atom. The first kappa shape index (κ1) is 11.7. The summed E-state index contributed by atoms with van der Waals surface area (Å²) in [5.74, 6) is 2.59. The fourth-order valence-corrected chi connectivity index (χ4v) is 5.26. The molecule has 19 heavy (non-hydrogen) atoms. The zero-order chi connectivity index (χ0) is 13.0. The molecule has 2 bridgehead atoms. The van der Waals surface area contributed by atoms with Crippen LogP contribution in [0.3, 0.4) is 0 Å². The van der Waals surface area contributed by atoms with E-state index < -0.39 is 0 Å². The molecule has 0 spiro atoms. The highest BCUT2D eigenvalue weighted by Gasteiger charge is 2.46. The first-order valence-electron chi connectivity index (χ1n) is 7.06. The maximum Gasteiger partial charge on any atom is 0.0134 e. The molecule has 0 radical (unpaired) electrons. The van der Waals surface area contributed by atoms with Gasteiger partial charge in [0.2, 0.25) is 0 Å². The number of rotatable bonds is 1. The first-order chi connectivity index (χ1) is 9.33. The van der Waals surface area contributed by atoms with Crippen LogP contribution in [0.1, 0.15) is 41.0 Å². The van der Waals surface area contributed by atoms with E-state index in [0.29, 0.717) is 17.8 Å². The normalized spacial score (nSPS) is 30.8. The lowest BCUT2D eigenvalue weighted by molar-refractivity contribution is 0.277. The summed E-state index contributed by atoms with van der Waals surface area (Å²) in [6.07, 6.45) is 0. The van der Waals surface area contributed by atoms with E-state index in [4.69, 9.17) is 0 Å². The summed E-state index contributed by atoms with van der Waals surface area (Å²) in [6.45, 7) is 2.43. The maximum absolute atomic E-state index is 3.76. The molecule has 0 unspecified atom stereocenters. The van der Waals surface area contributed by atoms with E-state index in [-0.39, 0.29) is 0 Å². The van der Waals surface area contributed by atoms with Crippen molar-refractivity contribution in [2.75, 3.05) is 5.33 Å². The number of benzene rings is 2. The Hall–Kier alpha value is -1.08. The van der Waals surface area contributed by atoms with E-state index in [2.05, 4.69) is 71.4 Å². The Balaban J connectivity index is 2.03. The monoisotopic (exact) mass is 312 g/mol. The zero-order valence-electron chi connectivity index (χ0n) is 11.0. The van der Waals surface area contributed by atoms with Crippen LogP contribution in [0.25, 0.3) is 0 Å². The smallest absolute Gasteiger partial charge is 0.0134 e. The lowest BCUT2D eigenvalue weighted by atomic mass is 9.55. The Bertz CT molecular complexity index is 584. The van der Waals surface area contributed by atoms with Gasteiger partial charge in [-0.15, -0.1) is 0 Å². The van der Waals surface area contributed by atoms with E-state index in [1.54, 1.807) is 22.3 Å². The van der Waals surface area contributed by atoms with Crippen molar-refractivity contribution in [1.82, 2.24) is 0 Å². The molecule has 0 aliphatic heterocycles. The predicted molar refractivity (Wildman–Crippen MR) is 83.0 cm³/mol. The molecule has 0 saturated carbocycles. The highest BCUT2D eigenvalue weighted by atomic mass is 79.9. The fourth-order valence-electron chi connectivity index (χ4n) is 4.30. The van der Waals surface area contributed by atoms with Crippen LogP contribution in [0, 0.1) is 11.8 Å². The van der Waals surface area contributed by atoms with Crippen LogP contribution in [-0.2, 0) is 0 Å². The molecule has 2 atom stereocenters. The molecule has 5 rings (SSSR count). The second kappa shape index (κ2) is 4.21. The molecule has 0 heterocycles. The van der Waals surface area contributed by atoms with Gasteiger partial charge in [0.25, 0.3) is 0 Å². The highest BCUT2D eigenvalue weighted by Crippen LogP contribution is 2.58. The summed E-state index contributed by atoms with van der Waals surface area (Å²) in [4.78, 5) is 0. The van der Waals surface area contributed by atoms with E-state index in [1.807, 2.05) is 0 Å². The van der Waals surface area contributed by atoms with Gasteiger partial charge < -0.3 is 0 Å². The van der Waals surface area contributed by atoms with Crippen LogP contribution in [-0.4, -0.2) is 5.33 Å². The first-order valence-corrected chi connectivity index (χ1v) is 8.18. The van der Waals surface area contributed by atoms with Crippen LogP contribution in [0.5, 0.6) is 0 Å². The number of hydrogen-bond acceptors (Lipinski definition) is 0. The van der Waals surface area contributed by atoms with Crippen molar-refractivity contribution in [2.45, 2.75) is 18.8 Å². The molecule has 3 aliphatic carbocycles. The summed E-state index contributed by atoms with van der Waals surface area (Å²) in [5.41, 5.74) is 6.26. The number of halogens is 1. The summed E-state index contributed by atoms with van der Waals surface area (Å²) in [6, 6.07) is 18.1. The molecule has 0 saturated heterocycles. The molecule has 0 nitrogen and oxygen atoms in total. The van der Waals surface area contributed by atoms with Crippen LogP contribution >= 0.6 is 15.9 Å². The van der Waals surface area contributed by atoms with Gasteiger partial charge >= 0.3 is 0 Å².